The number of nitrogens with zero attached hydrogens (tertiary/aromatic N) is 2. The van der Waals surface area contributed by atoms with E-state index in [-0.39, 0.29) is 12.1 Å². The van der Waals surface area contributed by atoms with Crippen LogP contribution >= 0.6 is 11.6 Å². The zero-order valence-corrected chi connectivity index (χ0v) is 14.1. The van der Waals surface area contributed by atoms with E-state index in [0.717, 1.165) is 29.8 Å². The number of halogens is 1. The average molecular weight is 336 g/mol. The average Bonchev–Trinajstić information content (AvgIpc) is 3.04. The first-order chi connectivity index (χ1) is 11.0. The lowest BCUT2D eigenvalue weighted by Gasteiger charge is -2.21. The third kappa shape index (κ3) is 3.68. The Kier molecular flexibility index (Phi) is 4.90. The van der Waals surface area contributed by atoms with E-state index in [1.807, 2.05) is 37.0 Å². The van der Waals surface area contributed by atoms with Gasteiger partial charge in [-0.3, -0.25) is 4.68 Å². The molecule has 0 aliphatic heterocycles. The summed E-state index contributed by atoms with van der Waals surface area (Å²) in [6, 6.07) is 7.27. The Bertz CT molecular complexity index is 656. The van der Waals surface area contributed by atoms with Gasteiger partial charge in [0, 0.05) is 35.9 Å². The molecule has 0 radical (unpaired) electrons. The van der Waals surface area contributed by atoms with Crippen molar-refractivity contribution in [2.45, 2.75) is 44.6 Å². The molecular weight excluding hydrogens is 314 g/mol. The second-order valence-corrected chi connectivity index (χ2v) is 6.48. The highest BCUT2D eigenvalue weighted by molar-refractivity contribution is 6.30. The van der Waals surface area contributed by atoms with Crippen molar-refractivity contribution in [3.63, 3.8) is 0 Å². The fourth-order valence-corrected chi connectivity index (χ4v) is 3.07. The van der Waals surface area contributed by atoms with Gasteiger partial charge < -0.3 is 15.2 Å². The number of hydrogen-bond acceptors (Lipinski definition) is 4. The molecule has 2 aromatic rings. The zero-order chi connectivity index (χ0) is 16.4. The molecule has 0 amide bonds. The molecule has 5 nitrogen and oxygen atoms in total. The molecular formula is C17H22ClN3O2. The summed E-state index contributed by atoms with van der Waals surface area (Å²) in [6.45, 7) is 2.75. The first-order valence-corrected chi connectivity index (χ1v) is 8.23. The largest absolute Gasteiger partial charge is 0.488 e. The van der Waals surface area contributed by atoms with Crippen LogP contribution in [-0.4, -0.2) is 33.1 Å². The summed E-state index contributed by atoms with van der Waals surface area (Å²) in [6.07, 6.45) is 2.86. The number of hydrogen-bond donors (Lipinski definition) is 2. The summed E-state index contributed by atoms with van der Waals surface area (Å²) in [5, 5.41) is 18.8. The maximum absolute atomic E-state index is 10.5. The van der Waals surface area contributed by atoms with Crippen LogP contribution in [0.3, 0.4) is 0 Å². The van der Waals surface area contributed by atoms with Crippen LogP contribution in [0.2, 0.25) is 5.02 Å². The van der Waals surface area contributed by atoms with Crippen molar-refractivity contribution < 1.29 is 9.84 Å². The zero-order valence-electron chi connectivity index (χ0n) is 13.4. The van der Waals surface area contributed by atoms with E-state index in [2.05, 4.69) is 10.4 Å². The normalized spacial score (nSPS) is 24.1. The van der Waals surface area contributed by atoms with Gasteiger partial charge in [-0.05, 0) is 44.0 Å². The molecule has 124 valence electrons. The van der Waals surface area contributed by atoms with Gasteiger partial charge in [-0.25, -0.2) is 0 Å². The molecule has 2 N–H and O–H groups in total. The van der Waals surface area contributed by atoms with Crippen LogP contribution < -0.4 is 10.1 Å². The molecule has 1 heterocycles. The standard InChI is InChI=1S/C17H22ClN3O2/c1-11-12(10-20-21(11)2)9-19-15-7-8-16(17(15)22)23-14-5-3-13(18)4-6-14/h3-6,10,15-17,19,22H,7-9H2,1-2H3/t15-,16-,17+/m0/s1. The molecule has 1 aliphatic carbocycles. The van der Waals surface area contributed by atoms with Crippen molar-refractivity contribution in [1.82, 2.24) is 15.1 Å². The number of aliphatic hydroxyl groups is 1. The van der Waals surface area contributed by atoms with E-state index < -0.39 is 6.10 Å². The van der Waals surface area contributed by atoms with E-state index in [0.29, 0.717) is 11.6 Å². The minimum absolute atomic E-state index is 0.0342. The number of aliphatic hydroxyl groups excluding tert-OH is 1. The number of aryl methyl sites for hydroxylation is 1. The van der Waals surface area contributed by atoms with Crippen LogP contribution in [0.4, 0.5) is 0 Å². The molecule has 1 aromatic carbocycles. The predicted octanol–water partition coefficient (Wildman–Crippen LogP) is 2.44. The lowest BCUT2D eigenvalue weighted by atomic mass is 10.2. The lowest BCUT2D eigenvalue weighted by molar-refractivity contribution is 0.0449. The van der Waals surface area contributed by atoms with Crippen molar-refractivity contribution in [1.29, 1.82) is 0 Å². The third-order valence-corrected chi connectivity index (χ3v) is 4.80. The maximum atomic E-state index is 10.5. The second kappa shape index (κ2) is 6.91. The Morgan fingerprint density at radius 2 is 2.09 bits per heavy atom. The highest BCUT2D eigenvalue weighted by Gasteiger charge is 2.36. The molecule has 0 bridgehead atoms. The molecule has 0 unspecified atom stereocenters. The first kappa shape index (κ1) is 16.3. The van der Waals surface area contributed by atoms with Crippen LogP contribution in [-0.2, 0) is 13.6 Å². The molecule has 3 atom stereocenters. The molecule has 23 heavy (non-hydrogen) atoms. The second-order valence-electron chi connectivity index (χ2n) is 6.04. The van der Waals surface area contributed by atoms with Crippen LogP contribution in [0, 0.1) is 6.92 Å². The monoisotopic (exact) mass is 335 g/mol. The molecule has 0 spiro atoms. The SMILES string of the molecule is Cc1c(CN[C@H]2CC[C@H](Oc3ccc(Cl)cc3)[C@@H]2O)cnn1C. The van der Waals surface area contributed by atoms with Gasteiger partial charge in [-0.15, -0.1) is 0 Å². The van der Waals surface area contributed by atoms with Crippen LogP contribution in [0.15, 0.2) is 30.5 Å². The van der Waals surface area contributed by atoms with Crippen molar-refractivity contribution in [3.8, 4) is 5.75 Å². The molecule has 1 fully saturated rings. The number of benzene rings is 1. The van der Waals surface area contributed by atoms with Gasteiger partial charge in [0.1, 0.15) is 18.0 Å². The fourth-order valence-electron chi connectivity index (χ4n) is 2.94. The minimum atomic E-state index is -0.525. The fraction of sp³-hybridized carbons (Fsp3) is 0.471. The lowest BCUT2D eigenvalue weighted by Crippen LogP contribution is -2.41. The van der Waals surface area contributed by atoms with Crippen molar-refractivity contribution >= 4 is 11.6 Å². The summed E-state index contributed by atoms with van der Waals surface area (Å²) in [5.74, 6) is 0.738. The highest BCUT2D eigenvalue weighted by Crippen LogP contribution is 2.26. The molecule has 1 aliphatic rings. The Balaban J connectivity index is 1.55. The van der Waals surface area contributed by atoms with Gasteiger partial charge in [-0.2, -0.15) is 5.10 Å². The van der Waals surface area contributed by atoms with Gasteiger partial charge in [0.05, 0.1) is 6.20 Å². The quantitative estimate of drug-likeness (QED) is 0.881. The topological polar surface area (TPSA) is 59.3 Å². The molecule has 1 saturated carbocycles. The van der Waals surface area contributed by atoms with Gasteiger partial charge in [-0.1, -0.05) is 11.6 Å². The van der Waals surface area contributed by atoms with E-state index in [9.17, 15) is 5.11 Å². The van der Waals surface area contributed by atoms with Crippen molar-refractivity contribution in [3.05, 3.63) is 46.7 Å². The number of rotatable bonds is 5. The number of aromatic nitrogens is 2. The Labute approximate surface area is 141 Å². The van der Waals surface area contributed by atoms with E-state index in [1.165, 1.54) is 0 Å². The Hall–Kier alpha value is -1.56. The van der Waals surface area contributed by atoms with Gasteiger partial charge in [0.15, 0.2) is 0 Å². The van der Waals surface area contributed by atoms with Crippen LogP contribution in [0.5, 0.6) is 5.75 Å². The maximum Gasteiger partial charge on any atom is 0.126 e. The van der Waals surface area contributed by atoms with Crippen molar-refractivity contribution in [2.75, 3.05) is 0 Å². The van der Waals surface area contributed by atoms with Gasteiger partial charge in [0.2, 0.25) is 0 Å². The summed E-state index contributed by atoms with van der Waals surface area (Å²) in [7, 11) is 1.93. The van der Waals surface area contributed by atoms with Gasteiger partial charge >= 0.3 is 0 Å². The highest BCUT2D eigenvalue weighted by atomic mass is 35.5. The van der Waals surface area contributed by atoms with Gasteiger partial charge in [0.25, 0.3) is 0 Å². The van der Waals surface area contributed by atoms with Crippen molar-refractivity contribution in [2.24, 2.45) is 7.05 Å². The first-order valence-electron chi connectivity index (χ1n) is 7.86. The third-order valence-electron chi connectivity index (χ3n) is 4.55. The minimum Gasteiger partial charge on any atom is -0.488 e. The molecule has 1 aromatic heterocycles. The van der Waals surface area contributed by atoms with Crippen LogP contribution in [0.25, 0.3) is 0 Å². The summed E-state index contributed by atoms with van der Waals surface area (Å²) < 4.78 is 7.74. The van der Waals surface area contributed by atoms with Crippen LogP contribution in [0.1, 0.15) is 24.1 Å². The van der Waals surface area contributed by atoms with E-state index >= 15 is 0 Å². The predicted molar refractivity (Wildman–Crippen MR) is 89.7 cm³/mol. The Morgan fingerprint density at radius 1 is 1.35 bits per heavy atom. The number of ether oxygens (including phenoxy) is 1. The molecule has 3 rings (SSSR count). The van der Waals surface area contributed by atoms with E-state index in [1.54, 1.807) is 12.1 Å². The summed E-state index contributed by atoms with van der Waals surface area (Å²) in [5.41, 5.74) is 2.29. The molecule has 6 heteroatoms. The summed E-state index contributed by atoms with van der Waals surface area (Å²) in [4.78, 5) is 0. The molecule has 0 saturated heterocycles. The summed E-state index contributed by atoms with van der Waals surface area (Å²) >= 11 is 5.87. The smallest absolute Gasteiger partial charge is 0.126 e. The number of nitrogens with one attached hydrogen (secondary N) is 1. The van der Waals surface area contributed by atoms with E-state index in [4.69, 9.17) is 16.3 Å². The Morgan fingerprint density at radius 3 is 2.74 bits per heavy atom.